The number of nitrogens with zero attached hydrogens (tertiary/aromatic N) is 1. The van der Waals surface area contributed by atoms with Gasteiger partial charge in [0.2, 0.25) is 0 Å². The summed E-state index contributed by atoms with van der Waals surface area (Å²) in [5.41, 5.74) is 11.8. The molecule has 0 unspecified atom stereocenters. The molecule has 6 aromatic rings. The zero-order valence-electron chi connectivity index (χ0n) is 17.6. The van der Waals surface area contributed by atoms with Gasteiger partial charge in [-0.3, -0.25) is 0 Å². The molecule has 0 radical (unpaired) electrons. The molecule has 1 nitrogen and oxygen atoms in total. The fourth-order valence-corrected chi connectivity index (χ4v) is 5.31. The third-order valence-corrected chi connectivity index (χ3v) is 6.81. The summed E-state index contributed by atoms with van der Waals surface area (Å²) in [6.07, 6.45) is 0. The topological polar surface area (TPSA) is 4.93 Å². The van der Waals surface area contributed by atoms with Gasteiger partial charge in [-0.2, -0.15) is 0 Å². The molecule has 0 aliphatic carbocycles. The molecule has 150 valence electrons. The summed E-state index contributed by atoms with van der Waals surface area (Å²) in [5.74, 6) is 0. The number of rotatable bonds is 2. The fraction of sp³-hybridized carbons (Fsp3) is 0.0323. The van der Waals surface area contributed by atoms with Crippen LogP contribution in [0.2, 0.25) is 0 Å². The van der Waals surface area contributed by atoms with E-state index in [1.165, 1.54) is 60.8 Å². The summed E-state index contributed by atoms with van der Waals surface area (Å²) in [6.45, 7) is 0.915. The van der Waals surface area contributed by atoms with Crippen LogP contribution in [0.4, 0.5) is 0 Å². The first-order valence-corrected chi connectivity index (χ1v) is 11.2. The van der Waals surface area contributed by atoms with Crippen LogP contribution in [0.25, 0.3) is 55.2 Å². The van der Waals surface area contributed by atoms with Crippen molar-refractivity contribution in [3.63, 3.8) is 0 Å². The minimum absolute atomic E-state index is 0.915. The Morgan fingerprint density at radius 2 is 1.12 bits per heavy atom. The summed E-state index contributed by atoms with van der Waals surface area (Å²) < 4.78 is 2.51. The maximum atomic E-state index is 2.51. The summed E-state index contributed by atoms with van der Waals surface area (Å²) in [5, 5.41) is 2.66. The zero-order valence-corrected chi connectivity index (χ0v) is 17.6. The first kappa shape index (κ1) is 17.6. The van der Waals surface area contributed by atoms with Crippen LogP contribution < -0.4 is 0 Å². The van der Waals surface area contributed by atoms with Gasteiger partial charge in [0.25, 0.3) is 0 Å². The predicted molar refractivity (Wildman–Crippen MR) is 135 cm³/mol. The number of hydrogen-bond acceptors (Lipinski definition) is 0. The van der Waals surface area contributed by atoms with E-state index in [-0.39, 0.29) is 0 Å². The molecule has 0 saturated heterocycles. The van der Waals surface area contributed by atoms with Crippen LogP contribution in [0.3, 0.4) is 0 Å². The molecule has 5 aromatic carbocycles. The van der Waals surface area contributed by atoms with Gasteiger partial charge in [-0.1, -0.05) is 91.0 Å². The maximum absolute atomic E-state index is 2.51. The normalized spacial score (nSPS) is 12.2. The highest BCUT2D eigenvalue weighted by molar-refractivity contribution is 6.16. The van der Waals surface area contributed by atoms with Crippen molar-refractivity contribution >= 4 is 21.8 Å². The molecule has 1 heteroatoms. The Labute approximate surface area is 187 Å². The highest BCUT2D eigenvalue weighted by Crippen LogP contribution is 2.44. The molecule has 2 heterocycles. The van der Waals surface area contributed by atoms with Gasteiger partial charge in [0, 0.05) is 28.4 Å². The van der Waals surface area contributed by atoms with E-state index in [9.17, 15) is 0 Å². The van der Waals surface area contributed by atoms with Crippen LogP contribution in [-0.4, -0.2) is 4.57 Å². The van der Waals surface area contributed by atoms with Crippen LogP contribution in [0.1, 0.15) is 5.56 Å². The van der Waals surface area contributed by atoms with Gasteiger partial charge in [-0.25, -0.2) is 0 Å². The van der Waals surface area contributed by atoms with E-state index in [1.807, 2.05) is 0 Å². The van der Waals surface area contributed by atoms with Crippen LogP contribution >= 0.6 is 0 Å². The van der Waals surface area contributed by atoms with Crippen molar-refractivity contribution in [3.8, 4) is 33.4 Å². The van der Waals surface area contributed by atoms with Crippen molar-refractivity contribution in [2.75, 3.05) is 0 Å². The lowest BCUT2D eigenvalue weighted by atomic mass is 9.91. The van der Waals surface area contributed by atoms with E-state index >= 15 is 0 Å². The van der Waals surface area contributed by atoms with Crippen LogP contribution in [0, 0.1) is 0 Å². The molecule has 7 rings (SSSR count). The Kier molecular flexibility index (Phi) is 3.68. The monoisotopic (exact) mass is 407 g/mol. The Bertz CT molecular complexity index is 1620. The van der Waals surface area contributed by atoms with Crippen molar-refractivity contribution in [1.29, 1.82) is 0 Å². The van der Waals surface area contributed by atoms with E-state index in [1.54, 1.807) is 0 Å². The Morgan fingerprint density at radius 3 is 1.91 bits per heavy atom. The second kappa shape index (κ2) is 6.70. The first-order chi connectivity index (χ1) is 15.9. The molecular weight excluding hydrogens is 386 g/mol. The summed E-state index contributed by atoms with van der Waals surface area (Å²) >= 11 is 0. The van der Waals surface area contributed by atoms with E-state index < -0.39 is 0 Å². The lowest BCUT2D eigenvalue weighted by molar-refractivity contribution is 0.860. The molecule has 0 saturated carbocycles. The van der Waals surface area contributed by atoms with E-state index in [0.29, 0.717) is 0 Å². The summed E-state index contributed by atoms with van der Waals surface area (Å²) in [4.78, 5) is 0. The molecule has 0 bridgehead atoms. The van der Waals surface area contributed by atoms with Crippen LogP contribution in [-0.2, 0) is 6.54 Å². The third kappa shape index (κ3) is 2.52. The lowest BCUT2D eigenvalue weighted by Gasteiger charge is -2.21. The molecule has 1 aliphatic heterocycles. The third-order valence-electron chi connectivity index (χ3n) is 6.81. The standard InChI is InChI=1S/C31H21N/c1-3-9-21(10-4-1)23-15-16-30-27(17-23)29-19-25(22-11-5-2-6-12-22)18-28-26-14-8-7-13-24(26)20-32(30)31(28)29/h1-19H,20H2. The molecule has 0 fully saturated rings. The molecule has 32 heavy (non-hydrogen) atoms. The number of fused-ring (bicyclic) bond motifs is 5. The average Bonchev–Trinajstić information content (AvgIpc) is 3.18. The summed E-state index contributed by atoms with van der Waals surface area (Å²) in [7, 11) is 0. The van der Waals surface area contributed by atoms with Gasteiger partial charge in [-0.15, -0.1) is 0 Å². The Balaban J connectivity index is 1.60. The quantitative estimate of drug-likeness (QED) is 0.272. The summed E-state index contributed by atoms with van der Waals surface area (Å²) in [6, 6.07) is 42.0. The van der Waals surface area contributed by atoms with Crippen molar-refractivity contribution in [3.05, 3.63) is 121 Å². The number of aromatic nitrogens is 1. The Hall–Kier alpha value is -4.10. The minimum atomic E-state index is 0.915. The van der Waals surface area contributed by atoms with E-state index in [2.05, 4.69) is 120 Å². The van der Waals surface area contributed by atoms with Crippen molar-refractivity contribution in [2.24, 2.45) is 0 Å². The number of benzene rings is 5. The van der Waals surface area contributed by atoms with E-state index in [4.69, 9.17) is 0 Å². The molecule has 0 amide bonds. The van der Waals surface area contributed by atoms with Crippen molar-refractivity contribution in [2.45, 2.75) is 6.54 Å². The smallest absolute Gasteiger partial charge is 0.0574 e. The molecular formula is C31H21N. The zero-order chi connectivity index (χ0) is 21.1. The molecule has 1 aromatic heterocycles. The largest absolute Gasteiger partial charge is 0.335 e. The van der Waals surface area contributed by atoms with E-state index in [0.717, 1.165) is 6.54 Å². The first-order valence-electron chi connectivity index (χ1n) is 11.2. The second-order valence-corrected chi connectivity index (χ2v) is 8.63. The maximum Gasteiger partial charge on any atom is 0.0574 e. The van der Waals surface area contributed by atoms with Gasteiger partial charge >= 0.3 is 0 Å². The van der Waals surface area contributed by atoms with Gasteiger partial charge in [0.15, 0.2) is 0 Å². The molecule has 0 atom stereocenters. The Morgan fingerprint density at radius 1 is 0.469 bits per heavy atom. The van der Waals surface area contributed by atoms with Gasteiger partial charge in [0.05, 0.1) is 5.52 Å². The predicted octanol–water partition coefficient (Wildman–Crippen LogP) is 8.16. The average molecular weight is 408 g/mol. The highest BCUT2D eigenvalue weighted by Gasteiger charge is 2.23. The lowest BCUT2D eigenvalue weighted by Crippen LogP contribution is -2.07. The fourth-order valence-electron chi connectivity index (χ4n) is 5.31. The molecule has 0 N–H and O–H groups in total. The van der Waals surface area contributed by atoms with Gasteiger partial charge < -0.3 is 4.57 Å². The van der Waals surface area contributed by atoms with Crippen LogP contribution in [0.15, 0.2) is 115 Å². The SMILES string of the molecule is c1ccc(-c2ccc3c(c2)c2cc(-c4ccccc4)cc4c2n3Cc2ccccc2-4)cc1. The van der Waals surface area contributed by atoms with Crippen molar-refractivity contribution in [1.82, 2.24) is 4.57 Å². The minimum Gasteiger partial charge on any atom is -0.335 e. The highest BCUT2D eigenvalue weighted by atomic mass is 15.0. The van der Waals surface area contributed by atoms with Gasteiger partial charge in [0.1, 0.15) is 0 Å². The van der Waals surface area contributed by atoms with Crippen LogP contribution in [0.5, 0.6) is 0 Å². The number of hydrogen-bond donors (Lipinski definition) is 0. The molecule has 0 spiro atoms. The van der Waals surface area contributed by atoms with Crippen molar-refractivity contribution < 1.29 is 0 Å². The van der Waals surface area contributed by atoms with Gasteiger partial charge in [-0.05, 0) is 57.6 Å². The molecule has 1 aliphatic rings. The second-order valence-electron chi connectivity index (χ2n) is 8.63.